The Morgan fingerprint density at radius 3 is 2.58 bits per heavy atom. The van der Waals surface area contributed by atoms with Gasteiger partial charge in [0.2, 0.25) is 0 Å². The van der Waals surface area contributed by atoms with E-state index in [1.54, 1.807) is 0 Å². The Balaban J connectivity index is 2.68. The number of H-pyrrole nitrogens is 1. The van der Waals surface area contributed by atoms with Gasteiger partial charge in [-0.05, 0) is 12.5 Å². The quantitative estimate of drug-likeness (QED) is 0.698. The summed E-state index contributed by atoms with van der Waals surface area (Å²) in [6, 6.07) is 0.0659. The van der Waals surface area contributed by atoms with E-state index in [0.717, 1.165) is 6.26 Å². The normalized spacial score (nSPS) is 12.9. The Kier molecular flexibility index (Phi) is 4.96. The number of halogens is 1. The lowest BCUT2D eigenvalue weighted by Crippen LogP contribution is -2.42. The number of carbonyl (C=O) groups is 2. The van der Waals surface area contributed by atoms with Crippen molar-refractivity contribution in [2.24, 2.45) is 0 Å². The maximum Gasteiger partial charge on any atom is 0.326 e. The Bertz CT molecular complexity index is 580. The summed E-state index contributed by atoms with van der Waals surface area (Å²) >= 11 is 5.62. The largest absolute Gasteiger partial charge is 0.480 e. The van der Waals surface area contributed by atoms with Crippen molar-refractivity contribution in [3.8, 4) is 0 Å². The summed E-state index contributed by atoms with van der Waals surface area (Å²) in [5.74, 6) is -2.28. The first kappa shape index (κ1) is 15.5. The summed E-state index contributed by atoms with van der Waals surface area (Å²) < 4.78 is 22.0. The van der Waals surface area contributed by atoms with Crippen LogP contribution < -0.4 is 5.32 Å². The van der Waals surface area contributed by atoms with Gasteiger partial charge in [0, 0.05) is 12.5 Å². The van der Waals surface area contributed by atoms with Crippen molar-refractivity contribution >= 4 is 33.3 Å². The fraction of sp³-hybridized carbons (Fsp3) is 0.400. The van der Waals surface area contributed by atoms with E-state index in [1.807, 2.05) is 0 Å². The van der Waals surface area contributed by atoms with Crippen LogP contribution in [0.5, 0.6) is 0 Å². The van der Waals surface area contributed by atoms with Gasteiger partial charge < -0.3 is 15.4 Å². The third-order valence-electron chi connectivity index (χ3n) is 2.27. The Morgan fingerprint density at radius 1 is 1.53 bits per heavy atom. The SMILES string of the molecule is CS(=O)(=O)CCC(NC(=O)c1cc(Cl)c[nH]1)C(=O)O. The summed E-state index contributed by atoms with van der Waals surface area (Å²) in [4.78, 5) is 25.2. The zero-order valence-corrected chi connectivity index (χ0v) is 11.6. The molecular formula is C10H13ClN2O5S. The average molecular weight is 309 g/mol. The lowest BCUT2D eigenvalue weighted by molar-refractivity contribution is -0.139. The molecule has 1 atom stereocenters. The number of carboxylic acids is 1. The Hall–Kier alpha value is -1.54. The van der Waals surface area contributed by atoms with Crippen LogP contribution in [0.4, 0.5) is 0 Å². The maximum absolute atomic E-state index is 11.7. The smallest absolute Gasteiger partial charge is 0.326 e. The molecular weight excluding hydrogens is 296 g/mol. The van der Waals surface area contributed by atoms with E-state index < -0.39 is 27.8 Å². The van der Waals surface area contributed by atoms with Gasteiger partial charge >= 0.3 is 5.97 Å². The third-order valence-corrected chi connectivity index (χ3v) is 3.47. The van der Waals surface area contributed by atoms with Gasteiger partial charge in [-0.2, -0.15) is 0 Å². The molecule has 0 spiro atoms. The molecule has 1 unspecified atom stereocenters. The van der Waals surface area contributed by atoms with Gasteiger partial charge in [-0.3, -0.25) is 4.79 Å². The van der Waals surface area contributed by atoms with E-state index in [1.165, 1.54) is 12.3 Å². The monoisotopic (exact) mass is 308 g/mol. The maximum atomic E-state index is 11.7. The molecule has 3 N–H and O–H groups in total. The molecule has 0 aliphatic heterocycles. The summed E-state index contributed by atoms with van der Waals surface area (Å²) in [6.07, 6.45) is 2.18. The number of carbonyl (C=O) groups excluding carboxylic acids is 1. The van der Waals surface area contributed by atoms with E-state index in [2.05, 4.69) is 10.3 Å². The van der Waals surface area contributed by atoms with Gasteiger partial charge in [-0.1, -0.05) is 11.6 Å². The highest BCUT2D eigenvalue weighted by atomic mass is 35.5. The van der Waals surface area contributed by atoms with Crippen molar-refractivity contribution in [2.75, 3.05) is 12.0 Å². The minimum absolute atomic E-state index is 0.107. The zero-order chi connectivity index (χ0) is 14.6. The number of sulfone groups is 1. The lowest BCUT2D eigenvalue weighted by Gasteiger charge is -2.13. The van der Waals surface area contributed by atoms with Crippen LogP contribution in [0.2, 0.25) is 5.02 Å². The van der Waals surface area contributed by atoms with E-state index in [0.29, 0.717) is 5.02 Å². The highest BCUT2D eigenvalue weighted by Gasteiger charge is 2.22. The van der Waals surface area contributed by atoms with Crippen molar-refractivity contribution in [1.29, 1.82) is 0 Å². The van der Waals surface area contributed by atoms with Crippen LogP contribution in [0, 0.1) is 0 Å². The van der Waals surface area contributed by atoms with Gasteiger partial charge in [0.05, 0.1) is 10.8 Å². The van der Waals surface area contributed by atoms with Gasteiger partial charge in [-0.15, -0.1) is 0 Å². The van der Waals surface area contributed by atoms with E-state index in [-0.39, 0.29) is 17.9 Å². The molecule has 0 fully saturated rings. The summed E-state index contributed by atoms with van der Waals surface area (Å²) in [6.45, 7) is 0. The van der Waals surface area contributed by atoms with Crippen molar-refractivity contribution in [3.63, 3.8) is 0 Å². The predicted octanol–water partition coefficient (Wildman–Crippen LogP) is 0.286. The number of hydrogen-bond acceptors (Lipinski definition) is 4. The molecule has 0 bridgehead atoms. The van der Waals surface area contributed by atoms with Crippen LogP contribution in [0.25, 0.3) is 0 Å². The Morgan fingerprint density at radius 2 is 2.16 bits per heavy atom. The standard InChI is InChI=1S/C10H13ClN2O5S/c1-19(17,18)3-2-7(10(15)16)13-9(14)8-4-6(11)5-12-8/h4-5,7,12H,2-3H2,1H3,(H,13,14)(H,15,16). The molecule has 1 heterocycles. The van der Waals surface area contributed by atoms with Crippen LogP contribution in [0.15, 0.2) is 12.3 Å². The summed E-state index contributed by atoms with van der Waals surface area (Å²) in [5, 5.41) is 11.5. The highest BCUT2D eigenvalue weighted by Crippen LogP contribution is 2.09. The van der Waals surface area contributed by atoms with Gasteiger partial charge in [0.1, 0.15) is 21.6 Å². The molecule has 19 heavy (non-hydrogen) atoms. The minimum atomic E-state index is -3.29. The lowest BCUT2D eigenvalue weighted by atomic mass is 10.2. The zero-order valence-electron chi connectivity index (χ0n) is 10.0. The fourth-order valence-corrected chi connectivity index (χ4v) is 2.15. The minimum Gasteiger partial charge on any atom is -0.480 e. The van der Waals surface area contributed by atoms with Gasteiger partial charge in [0.15, 0.2) is 0 Å². The molecule has 7 nitrogen and oxygen atoms in total. The van der Waals surface area contributed by atoms with Crippen LogP contribution in [-0.2, 0) is 14.6 Å². The Labute approximate surface area is 114 Å². The summed E-state index contributed by atoms with van der Waals surface area (Å²) in [5.41, 5.74) is 0.107. The second kappa shape index (κ2) is 6.07. The van der Waals surface area contributed by atoms with Crippen molar-refractivity contribution in [1.82, 2.24) is 10.3 Å². The molecule has 1 aromatic heterocycles. The first-order valence-corrected chi connectivity index (χ1v) is 7.68. The molecule has 1 aromatic rings. The second-order valence-corrected chi connectivity index (χ2v) is 6.71. The van der Waals surface area contributed by atoms with Crippen molar-refractivity contribution < 1.29 is 23.1 Å². The van der Waals surface area contributed by atoms with E-state index in [4.69, 9.17) is 16.7 Å². The van der Waals surface area contributed by atoms with Gasteiger partial charge in [0.25, 0.3) is 5.91 Å². The van der Waals surface area contributed by atoms with E-state index >= 15 is 0 Å². The van der Waals surface area contributed by atoms with Gasteiger partial charge in [-0.25, -0.2) is 13.2 Å². The molecule has 1 amide bonds. The number of carboxylic acid groups (broad SMARTS) is 1. The van der Waals surface area contributed by atoms with Crippen LogP contribution in [0.1, 0.15) is 16.9 Å². The number of aromatic amines is 1. The van der Waals surface area contributed by atoms with Crippen LogP contribution in [-0.4, -0.2) is 48.4 Å². The van der Waals surface area contributed by atoms with Crippen molar-refractivity contribution in [2.45, 2.75) is 12.5 Å². The molecule has 0 aliphatic carbocycles. The van der Waals surface area contributed by atoms with Crippen LogP contribution >= 0.6 is 11.6 Å². The number of amides is 1. The topological polar surface area (TPSA) is 116 Å². The average Bonchev–Trinajstić information content (AvgIpc) is 2.69. The molecule has 1 rings (SSSR count). The molecule has 0 radical (unpaired) electrons. The predicted molar refractivity (Wildman–Crippen MR) is 69.0 cm³/mol. The first-order valence-electron chi connectivity index (χ1n) is 5.24. The molecule has 0 aliphatic rings. The first-order chi connectivity index (χ1) is 8.69. The highest BCUT2D eigenvalue weighted by molar-refractivity contribution is 7.90. The number of aliphatic carboxylic acids is 1. The number of aromatic nitrogens is 1. The molecule has 0 saturated carbocycles. The van der Waals surface area contributed by atoms with Crippen molar-refractivity contribution in [3.05, 3.63) is 23.0 Å². The number of hydrogen-bond donors (Lipinski definition) is 3. The third kappa shape index (κ3) is 5.31. The van der Waals surface area contributed by atoms with Crippen LogP contribution in [0.3, 0.4) is 0 Å². The number of nitrogens with one attached hydrogen (secondary N) is 2. The molecule has 0 saturated heterocycles. The van der Waals surface area contributed by atoms with E-state index in [9.17, 15) is 18.0 Å². The summed E-state index contributed by atoms with van der Waals surface area (Å²) in [7, 11) is -3.29. The molecule has 0 aromatic carbocycles. The molecule has 106 valence electrons. The number of rotatable bonds is 6. The second-order valence-electron chi connectivity index (χ2n) is 4.01. The fourth-order valence-electron chi connectivity index (χ4n) is 1.32. The molecule has 9 heteroatoms.